The van der Waals surface area contributed by atoms with Crippen LogP contribution < -0.4 is 9.62 Å². The Bertz CT molecular complexity index is 1620. The number of sulfonamides is 1. The first-order valence-electron chi connectivity index (χ1n) is 11.5. The molecule has 1 atom stereocenters. The van der Waals surface area contributed by atoms with Gasteiger partial charge in [0.05, 0.1) is 16.5 Å². The van der Waals surface area contributed by atoms with E-state index in [1.54, 1.807) is 36.1 Å². The Morgan fingerprint density at radius 3 is 2.62 bits per heavy atom. The Balaban J connectivity index is 1.26. The lowest BCUT2D eigenvalue weighted by Gasteiger charge is -2.35. The summed E-state index contributed by atoms with van der Waals surface area (Å²) in [6.07, 6.45) is 4.75. The van der Waals surface area contributed by atoms with Gasteiger partial charge in [0.25, 0.3) is 10.0 Å². The summed E-state index contributed by atoms with van der Waals surface area (Å²) < 4.78 is 29.2. The highest BCUT2D eigenvalue weighted by Crippen LogP contribution is 2.25. The maximum atomic E-state index is 13.2. The van der Waals surface area contributed by atoms with E-state index in [9.17, 15) is 18.0 Å². The molecule has 5 rings (SSSR count). The molecule has 2 amide bonds. The van der Waals surface area contributed by atoms with Crippen molar-refractivity contribution >= 4 is 44.4 Å². The number of imidazole rings is 1. The number of rotatable bonds is 6. The normalized spacial score (nSPS) is 15.0. The molecule has 0 radical (unpaired) electrons. The number of nitrogens with one attached hydrogen (secondary N) is 2. The maximum Gasteiger partial charge on any atom is 0.264 e. The summed E-state index contributed by atoms with van der Waals surface area (Å²) in [7, 11) is -3.83. The van der Waals surface area contributed by atoms with E-state index in [-0.39, 0.29) is 35.7 Å². The molecule has 1 unspecified atom stereocenters. The molecule has 2 aromatic carbocycles. The van der Waals surface area contributed by atoms with Crippen LogP contribution in [0, 0.1) is 11.3 Å². The van der Waals surface area contributed by atoms with Crippen LogP contribution >= 0.6 is 0 Å². The fraction of sp³-hybridized carbons (Fsp3) is 0.200. The molecular formula is C25H23N7O4S. The van der Waals surface area contributed by atoms with Gasteiger partial charge in [-0.2, -0.15) is 5.26 Å². The second-order valence-corrected chi connectivity index (χ2v) is 10.3. The van der Waals surface area contributed by atoms with E-state index >= 15 is 0 Å². The quantitative estimate of drug-likeness (QED) is 0.402. The van der Waals surface area contributed by atoms with E-state index < -0.39 is 16.1 Å². The van der Waals surface area contributed by atoms with Crippen molar-refractivity contribution in [2.45, 2.75) is 17.9 Å². The third-order valence-electron chi connectivity index (χ3n) is 6.34. The third kappa shape index (κ3) is 4.64. The monoisotopic (exact) mass is 517 g/mol. The van der Waals surface area contributed by atoms with Crippen molar-refractivity contribution in [3.8, 4) is 6.07 Å². The highest BCUT2D eigenvalue weighted by Gasteiger charge is 2.31. The Labute approximate surface area is 213 Å². The van der Waals surface area contributed by atoms with Gasteiger partial charge in [-0.25, -0.2) is 18.1 Å². The van der Waals surface area contributed by atoms with Crippen LogP contribution in [-0.4, -0.2) is 59.3 Å². The molecule has 11 nitrogen and oxygen atoms in total. The van der Waals surface area contributed by atoms with Crippen LogP contribution in [0.3, 0.4) is 0 Å². The van der Waals surface area contributed by atoms with Crippen LogP contribution in [0.15, 0.2) is 72.0 Å². The van der Waals surface area contributed by atoms with Gasteiger partial charge < -0.3 is 19.4 Å². The highest BCUT2D eigenvalue weighted by atomic mass is 32.2. The SMILES string of the molecule is CC(C(=O)N1CCN(c2ccc(S(=O)(=O)Nc3ncc[nH]3)cc2)C(=O)C1)n1ccc2cc(C#N)ccc21. The minimum Gasteiger partial charge on any atom is -0.335 e. The van der Waals surface area contributed by atoms with Crippen LogP contribution in [0.4, 0.5) is 11.6 Å². The second kappa shape index (κ2) is 9.44. The molecule has 1 aliphatic heterocycles. The molecule has 0 saturated carbocycles. The number of carbonyl (C=O) groups is 2. The predicted molar refractivity (Wildman–Crippen MR) is 136 cm³/mol. The lowest BCUT2D eigenvalue weighted by Crippen LogP contribution is -2.53. The Kier molecular flexibility index (Phi) is 6.14. The van der Waals surface area contributed by atoms with Gasteiger partial charge in [-0.1, -0.05) is 0 Å². The summed E-state index contributed by atoms with van der Waals surface area (Å²) in [5, 5.41) is 9.97. The molecule has 0 spiro atoms. The number of H-pyrrole nitrogens is 1. The van der Waals surface area contributed by atoms with E-state index in [1.807, 2.05) is 22.9 Å². The number of anilines is 2. The number of nitriles is 1. The van der Waals surface area contributed by atoms with Crippen molar-refractivity contribution in [3.63, 3.8) is 0 Å². The number of aromatic nitrogens is 3. The van der Waals surface area contributed by atoms with Gasteiger partial charge in [0.1, 0.15) is 12.6 Å². The van der Waals surface area contributed by atoms with Gasteiger partial charge in [0.15, 0.2) is 0 Å². The fourth-order valence-corrected chi connectivity index (χ4v) is 5.38. The summed E-state index contributed by atoms with van der Waals surface area (Å²) in [5.74, 6) is -0.332. The standard InChI is InChI=1S/C25H23N7O4S/c1-17(31-11-8-19-14-18(15-26)2-7-22(19)31)24(34)30-12-13-32(23(33)16-30)20-3-5-21(6-4-20)37(35,36)29-25-27-9-10-28-25/h2-11,14,17H,12-13,16H2,1H3,(H2,27,28,29). The maximum absolute atomic E-state index is 13.2. The van der Waals surface area contributed by atoms with Gasteiger partial charge in [-0.3, -0.25) is 9.59 Å². The molecule has 37 heavy (non-hydrogen) atoms. The van der Waals surface area contributed by atoms with Crippen molar-refractivity contribution in [2.24, 2.45) is 0 Å². The van der Waals surface area contributed by atoms with Gasteiger partial charge in [-0.15, -0.1) is 0 Å². The molecule has 12 heteroatoms. The number of nitrogens with zero attached hydrogens (tertiary/aromatic N) is 5. The van der Waals surface area contributed by atoms with Crippen LogP contribution in [0.2, 0.25) is 0 Å². The van der Waals surface area contributed by atoms with Crippen LogP contribution in [0.1, 0.15) is 18.5 Å². The van der Waals surface area contributed by atoms with Gasteiger partial charge in [0, 0.05) is 48.3 Å². The molecule has 1 fully saturated rings. The molecule has 1 aliphatic rings. The van der Waals surface area contributed by atoms with Crippen molar-refractivity contribution in [1.29, 1.82) is 5.26 Å². The van der Waals surface area contributed by atoms with E-state index in [0.717, 1.165) is 10.9 Å². The summed E-state index contributed by atoms with van der Waals surface area (Å²) in [5.41, 5.74) is 1.93. The first-order valence-corrected chi connectivity index (χ1v) is 13.0. The number of carbonyl (C=O) groups excluding carboxylic acids is 2. The zero-order valence-corrected chi connectivity index (χ0v) is 20.6. The topological polar surface area (TPSA) is 144 Å². The Hall–Kier alpha value is -4.63. The molecule has 2 N–H and O–H groups in total. The zero-order chi connectivity index (χ0) is 26.2. The van der Waals surface area contributed by atoms with Crippen LogP contribution in [0.5, 0.6) is 0 Å². The van der Waals surface area contributed by atoms with Crippen molar-refractivity contribution in [1.82, 2.24) is 19.4 Å². The number of aromatic amines is 1. The minimum atomic E-state index is -3.83. The van der Waals surface area contributed by atoms with Gasteiger partial charge in [0.2, 0.25) is 17.8 Å². The number of hydrogen-bond donors (Lipinski definition) is 2. The summed E-state index contributed by atoms with van der Waals surface area (Å²) in [6, 6.07) is 14.7. The van der Waals surface area contributed by atoms with E-state index in [2.05, 4.69) is 20.8 Å². The average molecular weight is 518 g/mol. The average Bonchev–Trinajstić information content (AvgIpc) is 3.57. The largest absolute Gasteiger partial charge is 0.335 e. The predicted octanol–water partition coefficient (Wildman–Crippen LogP) is 2.47. The first kappa shape index (κ1) is 24.1. The summed E-state index contributed by atoms with van der Waals surface area (Å²) >= 11 is 0. The van der Waals surface area contributed by atoms with Crippen LogP contribution in [0.25, 0.3) is 10.9 Å². The number of amides is 2. The molecule has 3 heterocycles. The molecule has 2 aromatic heterocycles. The summed E-state index contributed by atoms with van der Waals surface area (Å²) in [4.78, 5) is 35.8. The lowest BCUT2D eigenvalue weighted by molar-refractivity contribution is -0.139. The fourth-order valence-electron chi connectivity index (χ4n) is 4.40. The van der Waals surface area contributed by atoms with E-state index in [0.29, 0.717) is 17.8 Å². The number of benzene rings is 2. The Morgan fingerprint density at radius 2 is 1.95 bits per heavy atom. The molecule has 0 aliphatic carbocycles. The van der Waals surface area contributed by atoms with Crippen molar-refractivity contribution in [2.75, 3.05) is 29.3 Å². The lowest BCUT2D eigenvalue weighted by atomic mass is 10.1. The molecule has 0 bridgehead atoms. The highest BCUT2D eigenvalue weighted by molar-refractivity contribution is 7.92. The minimum absolute atomic E-state index is 0.0311. The van der Waals surface area contributed by atoms with Crippen molar-refractivity contribution in [3.05, 3.63) is 72.7 Å². The smallest absolute Gasteiger partial charge is 0.264 e. The molecule has 4 aromatic rings. The van der Waals surface area contributed by atoms with Crippen molar-refractivity contribution < 1.29 is 18.0 Å². The molecular weight excluding hydrogens is 494 g/mol. The Morgan fingerprint density at radius 1 is 1.16 bits per heavy atom. The number of fused-ring (bicyclic) bond motifs is 1. The van der Waals surface area contributed by atoms with E-state index in [1.165, 1.54) is 29.4 Å². The number of piperazine rings is 1. The molecule has 1 saturated heterocycles. The van der Waals surface area contributed by atoms with Gasteiger partial charge >= 0.3 is 0 Å². The zero-order valence-electron chi connectivity index (χ0n) is 19.8. The first-order chi connectivity index (χ1) is 17.8. The molecule has 188 valence electrons. The third-order valence-corrected chi connectivity index (χ3v) is 7.70. The van der Waals surface area contributed by atoms with Crippen LogP contribution in [-0.2, 0) is 19.6 Å². The second-order valence-electron chi connectivity index (χ2n) is 8.63. The summed E-state index contributed by atoms with van der Waals surface area (Å²) in [6.45, 7) is 2.33. The van der Waals surface area contributed by atoms with Gasteiger partial charge in [-0.05, 0) is 55.5 Å². The number of hydrogen-bond acceptors (Lipinski definition) is 6. The van der Waals surface area contributed by atoms with E-state index in [4.69, 9.17) is 5.26 Å².